The summed E-state index contributed by atoms with van der Waals surface area (Å²) in [6.07, 6.45) is 4.72. The lowest BCUT2D eigenvalue weighted by Crippen LogP contribution is -1.99. The van der Waals surface area contributed by atoms with Crippen LogP contribution in [0.25, 0.3) is 0 Å². The zero-order valence-corrected chi connectivity index (χ0v) is 14.5. The van der Waals surface area contributed by atoms with E-state index in [4.69, 9.17) is 9.47 Å². The second-order valence-electron chi connectivity index (χ2n) is 4.89. The number of rotatable bonds is 6. The molecular weight excluding hydrogens is 372 g/mol. The first-order chi connectivity index (χ1) is 11.8. The van der Waals surface area contributed by atoms with Crippen molar-refractivity contribution in [2.24, 2.45) is 5.10 Å². The van der Waals surface area contributed by atoms with Crippen molar-refractivity contribution in [2.45, 2.75) is 6.61 Å². The summed E-state index contributed by atoms with van der Waals surface area (Å²) in [6, 6.07) is 13.7. The number of ether oxygens (including phenoxy) is 2. The predicted molar refractivity (Wildman–Crippen MR) is 94.5 cm³/mol. The minimum absolute atomic E-state index is 0.462. The van der Waals surface area contributed by atoms with E-state index in [1.807, 2.05) is 42.5 Å². The monoisotopic (exact) mass is 386 g/mol. The van der Waals surface area contributed by atoms with E-state index in [0.29, 0.717) is 18.1 Å². The molecule has 0 radical (unpaired) electrons. The van der Waals surface area contributed by atoms with Crippen molar-refractivity contribution in [3.8, 4) is 11.5 Å². The molecule has 1 heterocycles. The Morgan fingerprint density at radius 2 is 1.92 bits per heavy atom. The molecule has 0 aliphatic heterocycles. The Hall–Kier alpha value is -2.67. The lowest BCUT2D eigenvalue weighted by Gasteiger charge is -2.13. The van der Waals surface area contributed by atoms with Crippen LogP contribution in [-0.4, -0.2) is 28.2 Å². The fourth-order valence-electron chi connectivity index (χ4n) is 2.07. The summed E-state index contributed by atoms with van der Waals surface area (Å²) in [5.41, 5.74) is 1.95. The van der Waals surface area contributed by atoms with Crippen molar-refractivity contribution in [3.05, 3.63) is 70.7 Å². The highest BCUT2D eigenvalue weighted by molar-refractivity contribution is 9.10. The first-order valence-electron chi connectivity index (χ1n) is 7.19. The molecule has 3 rings (SSSR count). The number of methoxy groups -OCH3 is 1. The summed E-state index contributed by atoms with van der Waals surface area (Å²) >= 11 is 3.53. The number of hydrogen-bond donors (Lipinski definition) is 0. The van der Waals surface area contributed by atoms with Gasteiger partial charge in [-0.3, -0.25) is 0 Å². The third kappa shape index (κ3) is 3.99. The molecular formula is C17H15BrN4O2. The highest BCUT2D eigenvalue weighted by Gasteiger charge is 2.11. The third-order valence-electron chi connectivity index (χ3n) is 3.22. The van der Waals surface area contributed by atoms with E-state index in [1.54, 1.807) is 13.3 Å². The van der Waals surface area contributed by atoms with Gasteiger partial charge in [0.1, 0.15) is 19.3 Å². The molecule has 122 valence electrons. The third-order valence-corrected chi connectivity index (χ3v) is 3.81. The minimum atomic E-state index is 0.462. The van der Waals surface area contributed by atoms with E-state index >= 15 is 0 Å². The molecule has 2 aromatic carbocycles. The lowest BCUT2D eigenvalue weighted by molar-refractivity contribution is 0.282. The SMILES string of the molecule is COc1cc(/C=N/n2cnnc2)cc(Br)c1OCc1ccccc1. The Kier molecular flexibility index (Phi) is 5.22. The van der Waals surface area contributed by atoms with Crippen molar-refractivity contribution in [1.82, 2.24) is 14.9 Å². The molecule has 7 heteroatoms. The van der Waals surface area contributed by atoms with E-state index in [1.165, 1.54) is 17.3 Å². The number of halogens is 1. The Balaban J connectivity index is 1.79. The van der Waals surface area contributed by atoms with Crippen LogP contribution < -0.4 is 9.47 Å². The molecule has 0 saturated heterocycles. The summed E-state index contributed by atoms with van der Waals surface area (Å²) in [5, 5.41) is 11.6. The van der Waals surface area contributed by atoms with Gasteiger partial charge >= 0.3 is 0 Å². The summed E-state index contributed by atoms with van der Waals surface area (Å²) < 4.78 is 13.7. The number of hydrogen-bond acceptors (Lipinski definition) is 5. The fourth-order valence-corrected chi connectivity index (χ4v) is 2.65. The van der Waals surface area contributed by atoms with Gasteiger partial charge < -0.3 is 9.47 Å². The smallest absolute Gasteiger partial charge is 0.175 e. The van der Waals surface area contributed by atoms with Crippen molar-refractivity contribution in [3.63, 3.8) is 0 Å². The largest absolute Gasteiger partial charge is 0.493 e. The topological polar surface area (TPSA) is 61.5 Å². The van der Waals surface area contributed by atoms with Crippen molar-refractivity contribution >= 4 is 22.1 Å². The van der Waals surface area contributed by atoms with Gasteiger partial charge in [-0.25, -0.2) is 4.68 Å². The molecule has 24 heavy (non-hydrogen) atoms. The number of aromatic nitrogens is 3. The van der Waals surface area contributed by atoms with Gasteiger partial charge in [0.25, 0.3) is 0 Å². The molecule has 0 bridgehead atoms. The first kappa shape index (κ1) is 16.2. The Bertz CT molecular complexity index is 820. The highest BCUT2D eigenvalue weighted by atomic mass is 79.9. The zero-order chi connectivity index (χ0) is 16.8. The van der Waals surface area contributed by atoms with Gasteiger partial charge in [-0.15, -0.1) is 10.2 Å². The van der Waals surface area contributed by atoms with Gasteiger partial charge in [-0.1, -0.05) is 30.3 Å². The van der Waals surface area contributed by atoms with Crippen LogP contribution in [0.5, 0.6) is 11.5 Å². The van der Waals surface area contributed by atoms with Crippen LogP contribution in [0.15, 0.2) is 64.7 Å². The molecule has 0 N–H and O–H groups in total. The average Bonchev–Trinajstić information content (AvgIpc) is 3.13. The van der Waals surface area contributed by atoms with Gasteiger partial charge in [-0.2, -0.15) is 5.10 Å². The maximum Gasteiger partial charge on any atom is 0.175 e. The van der Waals surface area contributed by atoms with Gasteiger partial charge in [0.15, 0.2) is 11.5 Å². The van der Waals surface area contributed by atoms with E-state index in [0.717, 1.165) is 15.6 Å². The molecule has 0 spiro atoms. The molecule has 0 atom stereocenters. The van der Waals surface area contributed by atoms with Crippen LogP contribution in [0.1, 0.15) is 11.1 Å². The molecule has 0 unspecified atom stereocenters. The quantitative estimate of drug-likeness (QED) is 0.608. The van der Waals surface area contributed by atoms with Crippen molar-refractivity contribution < 1.29 is 9.47 Å². The number of benzene rings is 2. The van der Waals surface area contributed by atoms with Crippen molar-refractivity contribution in [1.29, 1.82) is 0 Å². The summed E-state index contributed by atoms with van der Waals surface area (Å²) in [4.78, 5) is 0. The normalized spacial score (nSPS) is 10.9. The van der Waals surface area contributed by atoms with Crippen molar-refractivity contribution in [2.75, 3.05) is 7.11 Å². The van der Waals surface area contributed by atoms with E-state index in [-0.39, 0.29) is 0 Å². The average molecular weight is 387 g/mol. The molecule has 1 aromatic heterocycles. The molecule has 0 aliphatic carbocycles. The van der Waals surface area contributed by atoms with Crippen LogP contribution >= 0.6 is 15.9 Å². The highest BCUT2D eigenvalue weighted by Crippen LogP contribution is 2.36. The van der Waals surface area contributed by atoms with E-state index < -0.39 is 0 Å². The summed E-state index contributed by atoms with van der Waals surface area (Å²) in [7, 11) is 1.61. The molecule has 0 amide bonds. The summed E-state index contributed by atoms with van der Waals surface area (Å²) in [6.45, 7) is 0.462. The van der Waals surface area contributed by atoms with Crippen LogP contribution in [0, 0.1) is 0 Å². The van der Waals surface area contributed by atoms with Gasteiger partial charge in [0.2, 0.25) is 0 Å². The summed E-state index contributed by atoms with van der Waals surface area (Å²) in [5.74, 6) is 1.29. The van der Waals surface area contributed by atoms with Crippen LogP contribution in [0.3, 0.4) is 0 Å². The minimum Gasteiger partial charge on any atom is -0.493 e. The first-order valence-corrected chi connectivity index (χ1v) is 7.99. The molecule has 0 saturated carbocycles. The molecule has 3 aromatic rings. The van der Waals surface area contributed by atoms with E-state index in [9.17, 15) is 0 Å². The predicted octanol–water partition coefficient (Wildman–Crippen LogP) is 3.51. The zero-order valence-electron chi connectivity index (χ0n) is 13.0. The molecule has 0 aliphatic rings. The fraction of sp³-hybridized carbons (Fsp3) is 0.118. The van der Waals surface area contributed by atoms with E-state index in [2.05, 4.69) is 31.2 Å². The Morgan fingerprint density at radius 1 is 1.17 bits per heavy atom. The van der Waals surface area contributed by atoms with Gasteiger partial charge in [-0.05, 0) is 39.2 Å². The lowest BCUT2D eigenvalue weighted by atomic mass is 10.2. The standard InChI is InChI=1S/C17H15BrN4O2/c1-23-16-8-14(9-21-22-11-19-20-12-22)7-15(18)17(16)24-10-13-5-3-2-4-6-13/h2-9,11-12H,10H2,1H3/b21-9+. The second-order valence-corrected chi connectivity index (χ2v) is 5.75. The maximum absolute atomic E-state index is 5.91. The molecule has 6 nitrogen and oxygen atoms in total. The number of nitrogens with zero attached hydrogens (tertiary/aromatic N) is 4. The Labute approximate surface area is 147 Å². The Morgan fingerprint density at radius 3 is 2.62 bits per heavy atom. The molecule has 0 fully saturated rings. The van der Waals surface area contributed by atoms with Crippen LogP contribution in [0.2, 0.25) is 0 Å². The van der Waals surface area contributed by atoms with Gasteiger partial charge in [0.05, 0.1) is 17.8 Å². The second kappa shape index (κ2) is 7.74. The van der Waals surface area contributed by atoms with Gasteiger partial charge in [0, 0.05) is 0 Å². The van der Waals surface area contributed by atoms with Crippen LogP contribution in [0.4, 0.5) is 0 Å². The van der Waals surface area contributed by atoms with Crippen LogP contribution in [-0.2, 0) is 6.61 Å². The maximum atomic E-state index is 5.91.